The van der Waals surface area contributed by atoms with Gasteiger partial charge in [0.15, 0.2) is 5.16 Å². The third kappa shape index (κ3) is 4.97. The van der Waals surface area contributed by atoms with Crippen molar-refractivity contribution in [3.8, 4) is 11.8 Å². The number of para-hydroxylation sites is 2. The predicted octanol–water partition coefficient (Wildman–Crippen LogP) is 4.74. The fourth-order valence-corrected chi connectivity index (χ4v) is 4.38. The summed E-state index contributed by atoms with van der Waals surface area (Å²) < 4.78 is 1.61. The second-order valence-electron chi connectivity index (χ2n) is 7.40. The van der Waals surface area contributed by atoms with Gasteiger partial charge in [0.25, 0.3) is 5.56 Å². The van der Waals surface area contributed by atoms with Crippen molar-refractivity contribution < 1.29 is 4.79 Å². The number of amides is 1. The van der Waals surface area contributed by atoms with Crippen LogP contribution in [-0.4, -0.2) is 21.2 Å². The van der Waals surface area contributed by atoms with Crippen molar-refractivity contribution in [3.63, 3.8) is 0 Å². The van der Waals surface area contributed by atoms with Crippen molar-refractivity contribution in [2.75, 3.05) is 11.1 Å². The quantitative estimate of drug-likeness (QED) is 0.322. The van der Waals surface area contributed by atoms with Gasteiger partial charge < -0.3 is 5.32 Å². The minimum Gasteiger partial charge on any atom is -0.325 e. The van der Waals surface area contributed by atoms with Crippen LogP contribution < -0.4 is 10.9 Å². The van der Waals surface area contributed by atoms with Gasteiger partial charge in [0.2, 0.25) is 5.91 Å². The van der Waals surface area contributed by atoms with E-state index in [0.717, 1.165) is 23.2 Å². The molecular weight excluding hydrogens is 432 g/mol. The van der Waals surface area contributed by atoms with Crippen molar-refractivity contribution in [3.05, 3.63) is 94.3 Å². The Kier molecular flexibility index (Phi) is 6.86. The third-order valence-corrected chi connectivity index (χ3v) is 6.15. The number of carbonyl (C=O) groups is 1. The zero-order chi connectivity index (χ0) is 23.2. The standard InChI is InChI=1S/C26H22N4O2S/c1-2-19-7-3-6-10-23(19)30-25(32)21-8-4-5-9-22(21)29-26(30)33-17-24(31)28-20-13-11-18(12-14-20)15-16-27/h3-14H,2,15,17H2,1H3,(H,28,31). The van der Waals surface area contributed by atoms with Crippen molar-refractivity contribution in [2.45, 2.75) is 24.9 Å². The number of nitriles is 1. The van der Waals surface area contributed by atoms with E-state index in [9.17, 15) is 9.59 Å². The number of anilines is 1. The Morgan fingerprint density at radius 3 is 2.55 bits per heavy atom. The van der Waals surface area contributed by atoms with Crippen LogP contribution in [0.4, 0.5) is 5.69 Å². The highest BCUT2D eigenvalue weighted by Gasteiger charge is 2.16. The molecule has 0 aliphatic heterocycles. The molecule has 0 unspecified atom stereocenters. The van der Waals surface area contributed by atoms with Gasteiger partial charge in [-0.1, -0.05) is 61.2 Å². The Balaban J connectivity index is 1.63. The number of aromatic nitrogens is 2. The minimum absolute atomic E-state index is 0.0962. The number of rotatable bonds is 7. The second kappa shape index (κ2) is 10.2. The van der Waals surface area contributed by atoms with E-state index in [4.69, 9.17) is 10.2 Å². The monoisotopic (exact) mass is 454 g/mol. The molecule has 6 nitrogen and oxygen atoms in total. The molecule has 33 heavy (non-hydrogen) atoms. The summed E-state index contributed by atoms with van der Waals surface area (Å²) in [5.74, 6) is -0.107. The number of hydrogen-bond acceptors (Lipinski definition) is 5. The first-order chi connectivity index (χ1) is 16.1. The fraction of sp³-hybridized carbons (Fsp3) is 0.154. The van der Waals surface area contributed by atoms with Gasteiger partial charge in [0.05, 0.1) is 34.8 Å². The van der Waals surface area contributed by atoms with E-state index in [2.05, 4.69) is 11.4 Å². The van der Waals surface area contributed by atoms with E-state index >= 15 is 0 Å². The first kappa shape index (κ1) is 22.3. The molecule has 1 aromatic heterocycles. The number of hydrogen-bond donors (Lipinski definition) is 1. The van der Waals surface area contributed by atoms with E-state index in [1.54, 1.807) is 28.8 Å². The van der Waals surface area contributed by atoms with E-state index in [0.29, 0.717) is 28.2 Å². The number of carbonyl (C=O) groups excluding carboxylic acids is 1. The molecule has 0 bridgehead atoms. The maximum absolute atomic E-state index is 13.4. The molecule has 4 rings (SSSR count). The highest BCUT2D eigenvalue weighted by atomic mass is 32.2. The van der Waals surface area contributed by atoms with Gasteiger partial charge in [-0.15, -0.1) is 0 Å². The smallest absolute Gasteiger partial charge is 0.266 e. The summed E-state index contributed by atoms with van der Waals surface area (Å²) >= 11 is 1.23. The van der Waals surface area contributed by atoms with E-state index < -0.39 is 0 Å². The normalized spacial score (nSPS) is 10.7. The van der Waals surface area contributed by atoms with Crippen LogP contribution in [0.15, 0.2) is 82.7 Å². The summed E-state index contributed by atoms with van der Waals surface area (Å²) in [6.45, 7) is 2.04. The Morgan fingerprint density at radius 2 is 1.79 bits per heavy atom. The van der Waals surface area contributed by atoms with Gasteiger partial charge in [0.1, 0.15) is 0 Å². The Morgan fingerprint density at radius 1 is 1.06 bits per heavy atom. The summed E-state index contributed by atoms with van der Waals surface area (Å²) in [6, 6.07) is 24.3. The zero-order valence-electron chi connectivity index (χ0n) is 18.1. The average Bonchev–Trinajstić information content (AvgIpc) is 2.84. The van der Waals surface area contributed by atoms with E-state index in [1.165, 1.54) is 11.8 Å². The maximum atomic E-state index is 13.4. The average molecular weight is 455 g/mol. The van der Waals surface area contributed by atoms with Crippen LogP contribution >= 0.6 is 11.8 Å². The molecule has 1 amide bonds. The molecule has 4 aromatic rings. The van der Waals surface area contributed by atoms with Crippen LogP contribution in [0, 0.1) is 11.3 Å². The first-order valence-corrected chi connectivity index (χ1v) is 11.6. The van der Waals surface area contributed by atoms with Gasteiger partial charge in [0, 0.05) is 5.69 Å². The van der Waals surface area contributed by atoms with Gasteiger partial charge in [-0.05, 0) is 47.9 Å². The fourth-order valence-electron chi connectivity index (χ4n) is 3.57. The summed E-state index contributed by atoms with van der Waals surface area (Å²) in [5.41, 5.74) is 3.80. The lowest BCUT2D eigenvalue weighted by Crippen LogP contribution is -2.23. The van der Waals surface area contributed by atoms with Crippen molar-refractivity contribution in [2.24, 2.45) is 0 Å². The molecule has 3 aromatic carbocycles. The number of fused-ring (bicyclic) bond motifs is 1. The van der Waals surface area contributed by atoms with E-state index in [-0.39, 0.29) is 17.2 Å². The summed E-state index contributed by atoms with van der Waals surface area (Å²) in [7, 11) is 0. The van der Waals surface area contributed by atoms with Crippen LogP contribution in [0.25, 0.3) is 16.6 Å². The number of aryl methyl sites for hydroxylation is 1. The molecule has 0 spiro atoms. The summed E-state index contributed by atoms with van der Waals surface area (Å²) in [5, 5.41) is 12.6. The lowest BCUT2D eigenvalue weighted by molar-refractivity contribution is -0.113. The zero-order valence-corrected chi connectivity index (χ0v) is 18.9. The summed E-state index contributed by atoms with van der Waals surface area (Å²) in [6.07, 6.45) is 1.09. The van der Waals surface area contributed by atoms with Gasteiger partial charge >= 0.3 is 0 Å². The number of nitrogens with zero attached hydrogens (tertiary/aromatic N) is 3. The lowest BCUT2D eigenvalue weighted by atomic mass is 10.1. The van der Waals surface area contributed by atoms with E-state index in [1.807, 2.05) is 55.5 Å². The largest absolute Gasteiger partial charge is 0.325 e. The molecule has 0 saturated heterocycles. The molecule has 7 heteroatoms. The Labute approximate surface area is 195 Å². The molecule has 0 atom stereocenters. The second-order valence-corrected chi connectivity index (χ2v) is 8.35. The van der Waals surface area contributed by atoms with Gasteiger partial charge in [-0.3, -0.25) is 14.2 Å². The van der Waals surface area contributed by atoms with Crippen LogP contribution in [-0.2, 0) is 17.6 Å². The Bertz CT molecular complexity index is 1400. The molecule has 0 fully saturated rings. The predicted molar refractivity (Wildman–Crippen MR) is 132 cm³/mol. The molecule has 0 aliphatic rings. The topological polar surface area (TPSA) is 87.8 Å². The van der Waals surface area contributed by atoms with Gasteiger partial charge in [-0.25, -0.2) is 4.98 Å². The third-order valence-electron chi connectivity index (χ3n) is 5.21. The molecular formula is C26H22N4O2S. The lowest BCUT2D eigenvalue weighted by Gasteiger charge is -2.16. The Hall–Kier alpha value is -3.89. The van der Waals surface area contributed by atoms with Crippen molar-refractivity contribution in [1.29, 1.82) is 5.26 Å². The van der Waals surface area contributed by atoms with Crippen molar-refractivity contribution in [1.82, 2.24) is 9.55 Å². The minimum atomic E-state index is -0.203. The first-order valence-electron chi connectivity index (χ1n) is 10.6. The molecule has 0 radical (unpaired) electrons. The number of nitrogens with one attached hydrogen (secondary N) is 1. The highest BCUT2D eigenvalue weighted by molar-refractivity contribution is 7.99. The van der Waals surface area contributed by atoms with Crippen LogP contribution in [0.1, 0.15) is 18.1 Å². The molecule has 1 N–H and O–H groups in total. The number of thioether (sulfide) groups is 1. The maximum Gasteiger partial charge on any atom is 0.266 e. The highest BCUT2D eigenvalue weighted by Crippen LogP contribution is 2.24. The molecule has 0 aliphatic carbocycles. The van der Waals surface area contributed by atoms with Crippen LogP contribution in [0.3, 0.4) is 0 Å². The number of benzene rings is 3. The SMILES string of the molecule is CCc1ccccc1-n1c(SCC(=O)Nc2ccc(CC#N)cc2)nc2ccccc2c1=O. The van der Waals surface area contributed by atoms with Crippen molar-refractivity contribution >= 4 is 34.3 Å². The van der Waals surface area contributed by atoms with Gasteiger partial charge in [-0.2, -0.15) is 5.26 Å². The molecule has 1 heterocycles. The summed E-state index contributed by atoms with van der Waals surface area (Å²) in [4.78, 5) is 30.8. The molecule has 0 saturated carbocycles. The van der Waals surface area contributed by atoms with Crippen LogP contribution in [0.2, 0.25) is 0 Å². The van der Waals surface area contributed by atoms with Crippen LogP contribution in [0.5, 0.6) is 0 Å². The molecule has 164 valence electrons.